The van der Waals surface area contributed by atoms with Gasteiger partial charge in [0.1, 0.15) is 0 Å². The minimum Gasteiger partial charge on any atom is -0.330 e. The molecule has 0 aliphatic carbocycles. The molecule has 0 aromatic rings. The summed E-state index contributed by atoms with van der Waals surface area (Å²) in [6, 6.07) is 0.869. The Labute approximate surface area is 119 Å². The van der Waals surface area contributed by atoms with Gasteiger partial charge in [-0.15, -0.1) is 0 Å². The van der Waals surface area contributed by atoms with E-state index in [1.165, 1.54) is 77.7 Å². The van der Waals surface area contributed by atoms with Gasteiger partial charge in [-0.05, 0) is 77.2 Å². The summed E-state index contributed by atoms with van der Waals surface area (Å²) in [5, 5.41) is 0. The van der Waals surface area contributed by atoms with E-state index in [9.17, 15) is 0 Å². The second-order valence-electron chi connectivity index (χ2n) is 6.48. The van der Waals surface area contributed by atoms with Crippen LogP contribution in [0.3, 0.4) is 0 Å². The molecule has 0 aromatic carbocycles. The zero-order valence-electron chi connectivity index (χ0n) is 12.8. The maximum Gasteiger partial charge on any atom is 0.0235 e. The van der Waals surface area contributed by atoms with Gasteiger partial charge in [0.05, 0.1) is 0 Å². The van der Waals surface area contributed by atoms with Gasteiger partial charge < -0.3 is 10.6 Å². The van der Waals surface area contributed by atoms with Crippen LogP contribution in [0.2, 0.25) is 0 Å². The molecule has 2 fully saturated rings. The molecular weight excluding hydrogens is 234 g/mol. The maximum absolute atomic E-state index is 5.67. The lowest BCUT2D eigenvalue weighted by Gasteiger charge is -2.24. The van der Waals surface area contributed by atoms with Gasteiger partial charge in [0.15, 0.2) is 0 Å². The molecular formula is C16H33N3. The monoisotopic (exact) mass is 267 g/mol. The van der Waals surface area contributed by atoms with E-state index in [0.717, 1.165) is 18.5 Å². The molecule has 0 amide bonds. The summed E-state index contributed by atoms with van der Waals surface area (Å²) < 4.78 is 0. The summed E-state index contributed by atoms with van der Waals surface area (Å²) in [6.45, 7) is 9.84. The maximum atomic E-state index is 5.67. The highest BCUT2D eigenvalue weighted by Gasteiger charge is 2.28. The molecule has 2 rings (SSSR count). The normalized spacial score (nSPS) is 27.2. The average Bonchev–Trinajstić information content (AvgIpc) is 3.08. The van der Waals surface area contributed by atoms with E-state index in [1.54, 1.807) is 0 Å². The predicted molar refractivity (Wildman–Crippen MR) is 82.3 cm³/mol. The van der Waals surface area contributed by atoms with Gasteiger partial charge in [0.25, 0.3) is 0 Å². The van der Waals surface area contributed by atoms with Gasteiger partial charge in [-0.25, -0.2) is 0 Å². The van der Waals surface area contributed by atoms with Crippen molar-refractivity contribution in [3.05, 3.63) is 0 Å². The SMILES string of the molecule is CCC(CCN)CCCN1CCC(N2CCCC2)C1. The van der Waals surface area contributed by atoms with Crippen molar-refractivity contribution >= 4 is 0 Å². The van der Waals surface area contributed by atoms with Crippen molar-refractivity contribution in [2.75, 3.05) is 39.3 Å². The second-order valence-corrected chi connectivity index (χ2v) is 6.48. The third-order valence-electron chi connectivity index (χ3n) is 5.14. The Morgan fingerprint density at radius 2 is 1.95 bits per heavy atom. The first kappa shape index (κ1) is 15.3. The lowest BCUT2D eigenvalue weighted by Crippen LogP contribution is -2.35. The van der Waals surface area contributed by atoms with E-state index >= 15 is 0 Å². The molecule has 2 heterocycles. The van der Waals surface area contributed by atoms with E-state index in [1.807, 2.05) is 0 Å². The Hall–Kier alpha value is -0.120. The largest absolute Gasteiger partial charge is 0.330 e. The average molecular weight is 267 g/mol. The standard InChI is InChI=1S/C16H33N3/c1-2-15(7-9-17)6-5-10-18-13-8-16(14-18)19-11-3-4-12-19/h15-16H,2-14,17H2,1H3. The molecule has 0 aromatic heterocycles. The number of nitrogens with two attached hydrogens (primary N) is 1. The Bertz CT molecular complexity index is 238. The minimum atomic E-state index is 0.860. The topological polar surface area (TPSA) is 32.5 Å². The molecule has 2 aliphatic rings. The molecule has 19 heavy (non-hydrogen) atoms. The van der Waals surface area contributed by atoms with Gasteiger partial charge in [0.2, 0.25) is 0 Å². The van der Waals surface area contributed by atoms with Crippen LogP contribution in [0.1, 0.15) is 51.9 Å². The van der Waals surface area contributed by atoms with Crippen LogP contribution >= 0.6 is 0 Å². The first-order valence-electron chi connectivity index (χ1n) is 8.50. The fraction of sp³-hybridized carbons (Fsp3) is 1.00. The lowest BCUT2D eigenvalue weighted by atomic mass is 9.97. The second kappa shape index (κ2) is 8.23. The first-order valence-corrected chi connectivity index (χ1v) is 8.50. The van der Waals surface area contributed by atoms with Crippen LogP contribution in [0.4, 0.5) is 0 Å². The van der Waals surface area contributed by atoms with Crippen LogP contribution in [0.25, 0.3) is 0 Å². The highest BCUT2D eigenvalue weighted by molar-refractivity contribution is 4.85. The molecule has 2 atom stereocenters. The highest BCUT2D eigenvalue weighted by atomic mass is 15.3. The zero-order chi connectivity index (χ0) is 13.5. The van der Waals surface area contributed by atoms with E-state index in [4.69, 9.17) is 5.73 Å². The van der Waals surface area contributed by atoms with Crippen molar-refractivity contribution in [1.29, 1.82) is 0 Å². The Kier molecular flexibility index (Phi) is 6.62. The van der Waals surface area contributed by atoms with Crippen LogP contribution in [0.15, 0.2) is 0 Å². The Morgan fingerprint density at radius 1 is 1.16 bits per heavy atom. The van der Waals surface area contributed by atoms with Gasteiger partial charge in [-0.3, -0.25) is 4.90 Å². The molecule has 0 spiro atoms. The smallest absolute Gasteiger partial charge is 0.0235 e. The quantitative estimate of drug-likeness (QED) is 0.732. The number of likely N-dealkylation sites (tertiary alicyclic amines) is 2. The fourth-order valence-corrected chi connectivity index (χ4v) is 3.81. The summed E-state index contributed by atoms with van der Waals surface area (Å²) in [4.78, 5) is 5.42. The van der Waals surface area contributed by atoms with Crippen molar-refractivity contribution in [3.63, 3.8) is 0 Å². The van der Waals surface area contributed by atoms with E-state index in [2.05, 4.69) is 16.7 Å². The molecule has 3 nitrogen and oxygen atoms in total. The van der Waals surface area contributed by atoms with Crippen LogP contribution in [0, 0.1) is 5.92 Å². The molecule has 2 saturated heterocycles. The zero-order valence-corrected chi connectivity index (χ0v) is 12.8. The Morgan fingerprint density at radius 3 is 2.63 bits per heavy atom. The van der Waals surface area contributed by atoms with Crippen molar-refractivity contribution in [3.8, 4) is 0 Å². The summed E-state index contributed by atoms with van der Waals surface area (Å²) in [6.07, 6.45) is 9.51. The minimum absolute atomic E-state index is 0.860. The molecule has 0 saturated carbocycles. The van der Waals surface area contributed by atoms with Crippen LogP contribution < -0.4 is 5.73 Å². The van der Waals surface area contributed by atoms with E-state index in [0.29, 0.717) is 0 Å². The van der Waals surface area contributed by atoms with Crippen LogP contribution in [-0.4, -0.2) is 55.1 Å². The number of hydrogen-bond acceptors (Lipinski definition) is 3. The number of nitrogens with zero attached hydrogens (tertiary/aromatic N) is 2. The van der Waals surface area contributed by atoms with Crippen LogP contribution in [0.5, 0.6) is 0 Å². The van der Waals surface area contributed by atoms with Gasteiger partial charge >= 0.3 is 0 Å². The third kappa shape index (κ3) is 4.73. The number of hydrogen-bond donors (Lipinski definition) is 1. The Balaban J connectivity index is 1.59. The lowest BCUT2D eigenvalue weighted by molar-refractivity contribution is 0.229. The molecule has 3 heteroatoms. The van der Waals surface area contributed by atoms with Crippen molar-refractivity contribution in [2.45, 2.75) is 57.9 Å². The summed E-state index contributed by atoms with van der Waals surface area (Å²) in [7, 11) is 0. The predicted octanol–water partition coefficient (Wildman–Crippen LogP) is 2.31. The van der Waals surface area contributed by atoms with Gasteiger partial charge in [-0.1, -0.05) is 13.3 Å². The summed E-state index contributed by atoms with van der Waals surface area (Å²) >= 11 is 0. The summed E-state index contributed by atoms with van der Waals surface area (Å²) in [5.74, 6) is 0.863. The molecule has 2 N–H and O–H groups in total. The van der Waals surface area contributed by atoms with Crippen molar-refractivity contribution in [2.24, 2.45) is 11.7 Å². The van der Waals surface area contributed by atoms with Crippen molar-refractivity contribution < 1.29 is 0 Å². The van der Waals surface area contributed by atoms with Crippen molar-refractivity contribution in [1.82, 2.24) is 9.80 Å². The van der Waals surface area contributed by atoms with Gasteiger partial charge in [-0.2, -0.15) is 0 Å². The molecule has 2 aliphatic heterocycles. The molecule has 2 unspecified atom stereocenters. The summed E-state index contributed by atoms with van der Waals surface area (Å²) in [5.41, 5.74) is 5.67. The van der Waals surface area contributed by atoms with E-state index < -0.39 is 0 Å². The third-order valence-corrected chi connectivity index (χ3v) is 5.14. The number of rotatable bonds is 8. The van der Waals surface area contributed by atoms with E-state index in [-0.39, 0.29) is 0 Å². The first-order chi connectivity index (χ1) is 9.33. The van der Waals surface area contributed by atoms with Crippen LogP contribution in [-0.2, 0) is 0 Å². The highest BCUT2D eigenvalue weighted by Crippen LogP contribution is 2.21. The molecule has 0 radical (unpaired) electrons. The molecule has 0 bridgehead atoms. The molecule has 112 valence electrons. The fourth-order valence-electron chi connectivity index (χ4n) is 3.81. The van der Waals surface area contributed by atoms with Gasteiger partial charge in [0, 0.05) is 12.6 Å².